The minimum Gasteiger partial charge on any atom is -0.340 e. The number of aromatic nitrogens is 4. The molecular weight excluding hydrogens is 334 g/mol. The molecule has 0 fully saturated rings. The minimum absolute atomic E-state index is 0.662. The van der Waals surface area contributed by atoms with Gasteiger partial charge in [-0.25, -0.2) is 14.6 Å². The number of hydrogen-bond donors (Lipinski definition) is 1. The van der Waals surface area contributed by atoms with Crippen LogP contribution < -0.4 is 5.32 Å². The van der Waals surface area contributed by atoms with E-state index in [4.69, 9.17) is 9.97 Å². The molecule has 27 heavy (non-hydrogen) atoms. The lowest BCUT2D eigenvalue weighted by molar-refractivity contribution is 0.803. The van der Waals surface area contributed by atoms with Gasteiger partial charge in [-0.05, 0) is 39.0 Å². The van der Waals surface area contributed by atoms with E-state index in [0.29, 0.717) is 5.82 Å². The van der Waals surface area contributed by atoms with Crippen LogP contribution >= 0.6 is 0 Å². The molecule has 134 valence electrons. The van der Waals surface area contributed by atoms with Gasteiger partial charge in [0.15, 0.2) is 11.6 Å². The van der Waals surface area contributed by atoms with Gasteiger partial charge >= 0.3 is 0 Å². The van der Waals surface area contributed by atoms with Gasteiger partial charge in [0.25, 0.3) is 0 Å². The van der Waals surface area contributed by atoms with Crippen LogP contribution in [0.1, 0.15) is 17.0 Å². The van der Waals surface area contributed by atoms with Crippen molar-refractivity contribution in [1.29, 1.82) is 0 Å². The van der Waals surface area contributed by atoms with Crippen molar-refractivity contribution in [3.63, 3.8) is 0 Å². The third-order valence-electron chi connectivity index (χ3n) is 4.30. The highest BCUT2D eigenvalue weighted by molar-refractivity contribution is 5.63. The van der Waals surface area contributed by atoms with Gasteiger partial charge in [-0.1, -0.05) is 48.0 Å². The van der Waals surface area contributed by atoms with E-state index < -0.39 is 0 Å². The van der Waals surface area contributed by atoms with E-state index in [9.17, 15) is 0 Å². The van der Waals surface area contributed by atoms with Crippen molar-refractivity contribution in [1.82, 2.24) is 19.7 Å². The summed E-state index contributed by atoms with van der Waals surface area (Å²) in [7, 11) is 0. The minimum atomic E-state index is 0.662. The first-order valence-electron chi connectivity index (χ1n) is 8.90. The molecule has 2 aromatic heterocycles. The smallest absolute Gasteiger partial charge is 0.163 e. The van der Waals surface area contributed by atoms with Crippen molar-refractivity contribution in [2.24, 2.45) is 0 Å². The van der Waals surface area contributed by atoms with Crippen LogP contribution in [0.2, 0.25) is 0 Å². The van der Waals surface area contributed by atoms with Gasteiger partial charge in [-0.3, -0.25) is 0 Å². The van der Waals surface area contributed by atoms with Crippen molar-refractivity contribution < 1.29 is 0 Å². The van der Waals surface area contributed by atoms with E-state index in [1.54, 1.807) is 0 Å². The quantitative estimate of drug-likeness (QED) is 0.560. The normalized spacial score (nSPS) is 10.8. The molecule has 1 N–H and O–H groups in total. The van der Waals surface area contributed by atoms with Crippen molar-refractivity contribution in [3.05, 3.63) is 83.7 Å². The lowest BCUT2D eigenvalue weighted by atomic mass is 10.2. The molecule has 4 aromatic rings. The summed E-state index contributed by atoms with van der Waals surface area (Å²) in [6.45, 7) is 6.08. The monoisotopic (exact) mass is 355 g/mol. The molecule has 2 heterocycles. The van der Waals surface area contributed by atoms with E-state index in [2.05, 4.69) is 29.5 Å². The van der Waals surface area contributed by atoms with Gasteiger partial charge in [0.05, 0.1) is 5.69 Å². The molecule has 5 heteroatoms. The highest BCUT2D eigenvalue weighted by Gasteiger charge is 2.11. The van der Waals surface area contributed by atoms with Crippen LogP contribution in [0.4, 0.5) is 11.5 Å². The topological polar surface area (TPSA) is 55.6 Å². The van der Waals surface area contributed by atoms with Crippen molar-refractivity contribution in [2.45, 2.75) is 20.8 Å². The Balaban J connectivity index is 1.81. The first-order valence-corrected chi connectivity index (χ1v) is 8.90. The molecule has 0 amide bonds. The Kier molecular flexibility index (Phi) is 4.42. The second-order valence-electron chi connectivity index (χ2n) is 6.63. The number of hydrogen-bond acceptors (Lipinski definition) is 4. The third kappa shape index (κ3) is 3.72. The summed E-state index contributed by atoms with van der Waals surface area (Å²) >= 11 is 0. The van der Waals surface area contributed by atoms with Crippen molar-refractivity contribution in [3.8, 4) is 17.2 Å². The first-order chi connectivity index (χ1) is 13.1. The summed E-state index contributed by atoms with van der Waals surface area (Å²) in [4.78, 5) is 9.47. The Hall–Kier alpha value is -3.47. The second-order valence-corrected chi connectivity index (χ2v) is 6.63. The van der Waals surface area contributed by atoms with Crippen LogP contribution in [-0.2, 0) is 0 Å². The summed E-state index contributed by atoms with van der Waals surface area (Å²) < 4.78 is 1.85. The van der Waals surface area contributed by atoms with Gasteiger partial charge in [0.1, 0.15) is 5.82 Å². The molecule has 0 aliphatic heterocycles. The lowest BCUT2D eigenvalue weighted by Gasteiger charge is -2.11. The zero-order valence-electron chi connectivity index (χ0n) is 15.6. The fraction of sp³-hybridized carbons (Fsp3) is 0.136. The molecule has 0 radical (unpaired) electrons. The molecule has 0 bridgehead atoms. The summed E-state index contributed by atoms with van der Waals surface area (Å²) in [5, 5.41) is 7.96. The molecule has 2 aromatic carbocycles. The Morgan fingerprint density at radius 2 is 1.56 bits per heavy atom. The SMILES string of the molecule is Cc1ccc(Nc2cc(-n3nc(C)cc3C)nc(-c3ccccc3)n2)cc1. The number of benzene rings is 2. The van der Waals surface area contributed by atoms with E-state index in [-0.39, 0.29) is 0 Å². The number of anilines is 2. The highest BCUT2D eigenvalue weighted by atomic mass is 15.3. The van der Waals surface area contributed by atoms with E-state index >= 15 is 0 Å². The molecule has 0 aliphatic rings. The number of nitrogens with zero attached hydrogens (tertiary/aromatic N) is 4. The van der Waals surface area contributed by atoms with Crippen LogP contribution in [0.5, 0.6) is 0 Å². The summed E-state index contributed by atoms with van der Waals surface area (Å²) in [5.41, 5.74) is 5.16. The third-order valence-corrected chi connectivity index (χ3v) is 4.30. The summed E-state index contributed by atoms with van der Waals surface area (Å²) in [6, 6.07) is 22.2. The van der Waals surface area contributed by atoms with Crippen molar-refractivity contribution >= 4 is 11.5 Å². The van der Waals surface area contributed by atoms with E-state index in [1.165, 1.54) is 5.56 Å². The Labute approximate surface area is 158 Å². The summed E-state index contributed by atoms with van der Waals surface area (Å²) in [6.07, 6.45) is 0. The second kappa shape index (κ2) is 7.03. The maximum absolute atomic E-state index is 4.75. The molecular formula is C22H21N5. The molecule has 0 saturated heterocycles. The average molecular weight is 355 g/mol. The molecule has 0 atom stereocenters. The Bertz CT molecular complexity index is 1070. The van der Waals surface area contributed by atoms with Crippen molar-refractivity contribution in [2.75, 3.05) is 5.32 Å². The maximum atomic E-state index is 4.75. The first kappa shape index (κ1) is 17.0. The van der Waals surface area contributed by atoms with Gasteiger partial charge in [0, 0.05) is 23.0 Å². The Morgan fingerprint density at radius 1 is 0.815 bits per heavy atom. The van der Waals surface area contributed by atoms with Crippen LogP contribution in [0.15, 0.2) is 66.7 Å². The predicted octanol–water partition coefficient (Wildman–Crippen LogP) is 5.00. The lowest BCUT2D eigenvalue weighted by Crippen LogP contribution is -2.06. The standard InChI is InChI=1S/C22H21N5/c1-15-9-11-19(12-10-15)23-20-14-21(27-17(3)13-16(2)26-27)25-22(24-20)18-7-5-4-6-8-18/h4-14H,1-3H3,(H,23,24,25). The number of rotatable bonds is 4. The van der Waals surface area contributed by atoms with Gasteiger partial charge in [-0.2, -0.15) is 5.10 Å². The maximum Gasteiger partial charge on any atom is 0.163 e. The molecule has 0 saturated carbocycles. The van der Waals surface area contributed by atoms with Gasteiger partial charge in [0.2, 0.25) is 0 Å². The number of nitrogens with one attached hydrogen (secondary N) is 1. The average Bonchev–Trinajstić information content (AvgIpc) is 3.02. The van der Waals surface area contributed by atoms with Crippen LogP contribution in [0, 0.1) is 20.8 Å². The molecule has 4 rings (SSSR count). The molecule has 0 unspecified atom stereocenters. The number of aryl methyl sites for hydroxylation is 3. The largest absolute Gasteiger partial charge is 0.340 e. The van der Waals surface area contributed by atoms with Gasteiger partial charge in [-0.15, -0.1) is 0 Å². The van der Waals surface area contributed by atoms with E-state index in [0.717, 1.165) is 34.3 Å². The Morgan fingerprint density at radius 3 is 2.22 bits per heavy atom. The highest BCUT2D eigenvalue weighted by Crippen LogP contribution is 2.23. The predicted molar refractivity (Wildman–Crippen MR) is 109 cm³/mol. The van der Waals surface area contributed by atoms with Crippen LogP contribution in [-0.4, -0.2) is 19.7 Å². The van der Waals surface area contributed by atoms with E-state index in [1.807, 2.05) is 73.1 Å². The molecule has 0 aliphatic carbocycles. The fourth-order valence-electron chi connectivity index (χ4n) is 2.97. The summed E-state index contributed by atoms with van der Waals surface area (Å²) in [5.74, 6) is 2.13. The van der Waals surface area contributed by atoms with Gasteiger partial charge < -0.3 is 5.32 Å². The molecule has 0 spiro atoms. The zero-order valence-corrected chi connectivity index (χ0v) is 15.6. The van der Waals surface area contributed by atoms with Crippen LogP contribution in [0.25, 0.3) is 17.2 Å². The van der Waals surface area contributed by atoms with Crippen LogP contribution in [0.3, 0.4) is 0 Å². The fourth-order valence-corrected chi connectivity index (χ4v) is 2.97. The zero-order chi connectivity index (χ0) is 18.8. The molecule has 5 nitrogen and oxygen atoms in total.